The summed E-state index contributed by atoms with van der Waals surface area (Å²) in [4.78, 5) is 20.4. The first-order valence-electron chi connectivity index (χ1n) is 8.70. The van der Waals surface area contributed by atoms with E-state index in [-0.39, 0.29) is 17.9 Å². The highest BCUT2D eigenvalue weighted by atomic mass is 19.4. The van der Waals surface area contributed by atoms with Crippen LogP contribution < -0.4 is 5.32 Å². The van der Waals surface area contributed by atoms with E-state index in [0.29, 0.717) is 11.3 Å². The third-order valence-electron chi connectivity index (χ3n) is 4.15. The van der Waals surface area contributed by atoms with Gasteiger partial charge in [-0.05, 0) is 43.7 Å². The van der Waals surface area contributed by atoms with Crippen LogP contribution in [0, 0.1) is 0 Å². The lowest BCUT2D eigenvalue weighted by Crippen LogP contribution is -2.18. The summed E-state index contributed by atoms with van der Waals surface area (Å²) in [6, 6.07) is 8.12. The van der Waals surface area contributed by atoms with Crippen molar-refractivity contribution in [2.75, 3.05) is 5.32 Å². The Morgan fingerprint density at radius 1 is 1.17 bits per heavy atom. The number of aliphatic hydroxyl groups is 1. The quantitative estimate of drug-likeness (QED) is 0.678. The summed E-state index contributed by atoms with van der Waals surface area (Å²) < 4.78 is 40.0. The third kappa shape index (κ3) is 5.20. The van der Waals surface area contributed by atoms with E-state index in [1.807, 2.05) is 0 Å². The molecule has 9 heteroatoms. The van der Waals surface area contributed by atoms with Crippen molar-refractivity contribution < 1.29 is 23.1 Å². The number of carbonyl (C=O) groups is 1. The number of carbonyl (C=O) groups excluding carboxylic acids is 1. The molecule has 6 nitrogen and oxygen atoms in total. The third-order valence-corrected chi connectivity index (χ3v) is 4.15. The van der Waals surface area contributed by atoms with Crippen molar-refractivity contribution in [2.45, 2.75) is 32.2 Å². The van der Waals surface area contributed by atoms with Crippen LogP contribution in [0.5, 0.6) is 0 Å². The Bertz CT molecular complexity index is 1010. The van der Waals surface area contributed by atoms with Crippen LogP contribution in [0.2, 0.25) is 0 Å². The summed E-state index contributed by atoms with van der Waals surface area (Å²) in [5.41, 5.74) is -0.658. The van der Waals surface area contributed by atoms with Gasteiger partial charge in [-0.25, -0.2) is 4.98 Å². The number of alkyl halides is 3. The molecule has 29 heavy (non-hydrogen) atoms. The molecule has 0 unspecified atom stereocenters. The van der Waals surface area contributed by atoms with Gasteiger partial charge in [0.05, 0.1) is 23.1 Å². The molecule has 2 aromatic heterocycles. The average molecular weight is 404 g/mol. The molecular weight excluding hydrogens is 385 g/mol. The van der Waals surface area contributed by atoms with Crippen LogP contribution in [0.4, 0.5) is 19.0 Å². The molecule has 3 aromatic rings. The van der Waals surface area contributed by atoms with E-state index < -0.39 is 23.2 Å². The minimum Gasteiger partial charge on any atom is -0.384 e. The maximum atomic E-state index is 12.8. The van der Waals surface area contributed by atoms with Gasteiger partial charge < -0.3 is 15.0 Å². The minimum atomic E-state index is -4.40. The van der Waals surface area contributed by atoms with Crippen LogP contribution in [0.3, 0.4) is 0 Å². The standard InChI is InChI=1S/C20H19F3N4O2/c1-19(2,29)16-7-6-14(9-24-16)18(28)26-17-11-27(12-25-17)10-13-4-3-5-15(8-13)20(21,22)23/h3-9,11-12,29H,10H2,1-2H3,(H,26,28). The van der Waals surface area contributed by atoms with Gasteiger partial charge in [0.15, 0.2) is 5.82 Å². The number of aromatic nitrogens is 3. The highest BCUT2D eigenvalue weighted by molar-refractivity contribution is 6.03. The molecule has 3 rings (SSSR count). The lowest BCUT2D eigenvalue weighted by molar-refractivity contribution is -0.137. The molecule has 0 aliphatic rings. The van der Waals surface area contributed by atoms with Crippen molar-refractivity contribution in [1.82, 2.24) is 14.5 Å². The number of benzene rings is 1. The molecule has 0 aliphatic heterocycles. The van der Waals surface area contributed by atoms with E-state index >= 15 is 0 Å². The Balaban J connectivity index is 1.67. The molecule has 0 saturated heterocycles. The summed E-state index contributed by atoms with van der Waals surface area (Å²) in [6.07, 6.45) is -0.108. The van der Waals surface area contributed by atoms with E-state index in [0.717, 1.165) is 12.1 Å². The molecule has 0 bridgehead atoms. The molecule has 2 N–H and O–H groups in total. The van der Waals surface area contributed by atoms with E-state index in [1.165, 1.54) is 30.9 Å². The summed E-state index contributed by atoms with van der Waals surface area (Å²) >= 11 is 0. The van der Waals surface area contributed by atoms with Gasteiger partial charge >= 0.3 is 6.18 Å². The predicted octanol–water partition coefficient (Wildman–Crippen LogP) is 3.82. The zero-order valence-electron chi connectivity index (χ0n) is 15.7. The minimum absolute atomic E-state index is 0.175. The van der Waals surface area contributed by atoms with E-state index in [1.54, 1.807) is 30.5 Å². The topological polar surface area (TPSA) is 80.0 Å². The first kappa shape index (κ1) is 20.5. The van der Waals surface area contributed by atoms with Gasteiger partial charge in [0.25, 0.3) is 5.91 Å². The van der Waals surface area contributed by atoms with Crippen molar-refractivity contribution in [3.05, 3.63) is 77.5 Å². The van der Waals surface area contributed by atoms with Gasteiger partial charge in [0.2, 0.25) is 0 Å². The normalized spacial score (nSPS) is 12.1. The summed E-state index contributed by atoms with van der Waals surface area (Å²) in [5, 5.41) is 12.5. The second kappa shape index (κ2) is 7.67. The number of nitrogens with zero attached hydrogens (tertiary/aromatic N) is 3. The first-order valence-corrected chi connectivity index (χ1v) is 8.70. The molecule has 1 amide bonds. The Hall–Kier alpha value is -3.20. The van der Waals surface area contributed by atoms with Crippen LogP contribution in [-0.2, 0) is 18.3 Å². The number of rotatable bonds is 5. The van der Waals surface area contributed by atoms with Gasteiger partial charge in [-0.1, -0.05) is 12.1 Å². The highest BCUT2D eigenvalue weighted by Gasteiger charge is 2.30. The Morgan fingerprint density at radius 3 is 2.55 bits per heavy atom. The molecule has 0 atom stereocenters. The van der Waals surface area contributed by atoms with Gasteiger partial charge in [-0.2, -0.15) is 13.2 Å². The van der Waals surface area contributed by atoms with Crippen molar-refractivity contribution in [2.24, 2.45) is 0 Å². The molecule has 1 aromatic carbocycles. The molecule has 0 aliphatic carbocycles. The van der Waals surface area contributed by atoms with Crippen molar-refractivity contribution >= 4 is 11.7 Å². The van der Waals surface area contributed by atoms with E-state index in [9.17, 15) is 23.1 Å². The maximum Gasteiger partial charge on any atom is 0.416 e. The maximum absolute atomic E-state index is 12.8. The smallest absolute Gasteiger partial charge is 0.384 e. The second-order valence-electron chi connectivity index (χ2n) is 7.07. The van der Waals surface area contributed by atoms with Crippen LogP contribution in [0.15, 0.2) is 55.1 Å². The van der Waals surface area contributed by atoms with Crippen LogP contribution >= 0.6 is 0 Å². The lowest BCUT2D eigenvalue weighted by atomic mass is 10.0. The summed E-state index contributed by atoms with van der Waals surface area (Å²) in [5.74, 6) is -0.183. The second-order valence-corrected chi connectivity index (χ2v) is 7.07. The SMILES string of the molecule is CC(C)(O)c1ccc(C(=O)Nc2cn(Cc3cccc(C(F)(F)F)c3)cn2)cn1. The fourth-order valence-electron chi connectivity index (χ4n) is 2.65. The lowest BCUT2D eigenvalue weighted by Gasteiger charge is -2.16. The monoisotopic (exact) mass is 404 g/mol. The van der Waals surface area contributed by atoms with Crippen molar-refractivity contribution in [3.8, 4) is 0 Å². The number of pyridine rings is 1. The molecule has 2 heterocycles. The van der Waals surface area contributed by atoms with E-state index in [4.69, 9.17) is 0 Å². The van der Waals surface area contributed by atoms with Gasteiger partial charge in [0, 0.05) is 18.9 Å². The summed E-state index contributed by atoms with van der Waals surface area (Å²) in [6.45, 7) is 3.35. The number of imidazole rings is 1. The Labute approximate surface area is 165 Å². The molecular formula is C20H19F3N4O2. The zero-order valence-corrected chi connectivity index (χ0v) is 15.7. The van der Waals surface area contributed by atoms with Gasteiger partial charge in [-0.15, -0.1) is 0 Å². The number of amides is 1. The number of anilines is 1. The Morgan fingerprint density at radius 2 is 1.93 bits per heavy atom. The van der Waals surface area contributed by atoms with Gasteiger partial charge in [0.1, 0.15) is 5.60 Å². The first-order chi connectivity index (χ1) is 13.5. The highest BCUT2D eigenvalue weighted by Crippen LogP contribution is 2.29. The molecule has 0 spiro atoms. The number of hydrogen-bond donors (Lipinski definition) is 2. The molecule has 0 fully saturated rings. The van der Waals surface area contributed by atoms with Crippen molar-refractivity contribution in [3.63, 3.8) is 0 Å². The van der Waals surface area contributed by atoms with Gasteiger partial charge in [-0.3, -0.25) is 9.78 Å². The van der Waals surface area contributed by atoms with E-state index in [2.05, 4.69) is 15.3 Å². The fraction of sp³-hybridized carbons (Fsp3) is 0.250. The van der Waals surface area contributed by atoms with Crippen LogP contribution in [0.1, 0.15) is 41.0 Å². The summed E-state index contributed by atoms with van der Waals surface area (Å²) in [7, 11) is 0. The Kier molecular flexibility index (Phi) is 5.43. The molecule has 0 saturated carbocycles. The molecule has 152 valence electrons. The number of hydrogen-bond acceptors (Lipinski definition) is 4. The largest absolute Gasteiger partial charge is 0.416 e. The average Bonchev–Trinajstić information content (AvgIpc) is 3.07. The zero-order chi connectivity index (χ0) is 21.2. The van der Waals surface area contributed by atoms with Crippen LogP contribution in [-0.4, -0.2) is 25.5 Å². The van der Waals surface area contributed by atoms with Crippen LogP contribution in [0.25, 0.3) is 0 Å². The predicted molar refractivity (Wildman–Crippen MR) is 100 cm³/mol. The number of nitrogens with one attached hydrogen (secondary N) is 1. The fourth-order valence-corrected chi connectivity index (χ4v) is 2.65. The number of halogens is 3. The molecule has 0 radical (unpaired) electrons. The van der Waals surface area contributed by atoms with Crippen molar-refractivity contribution in [1.29, 1.82) is 0 Å².